The SMILES string of the molecule is Cc1ccc(-c2nnco2)cc1NC(=O)c1ccc(NC(=O)c2ccco2)s1. The molecule has 0 saturated heterocycles. The van der Waals surface area contributed by atoms with Crippen LogP contribution in [0, 0.1) is 6.92 Å². The molecule has 0 unspecified atom stereocenters. The van der Waals surface area contributed by atoms with E-state index in [1.165, 1.54) is 24.0 Å². The van der Waals surface area contributed by atoms with Crippen molar-refractivity contribution in [2.24, 2.45) is 0 Å². The summed E-state index contributed by atoms with van der Waals surface area (Å²) >= 11 is 1.17. The molecular weight excluding hydrogens is 380 g/mol. The third-order valence-corrected chi connectivity index (χ3v) is 4.90. The summed E-state index contributed by atoms with van der Waals surface area (Å²) in [6, 6.07) is 12.0. The molecule has 4 rings (SSSR count). The number of nitrogens with zero attached hydrogens (tertiary/aromatic N) is 2. The Bertz CT molecular complexity index is 1120. The molecule has 0 fully saturated rings. The van der Waals surface area contributed by atoms with Crippen LogP contribution in [0.15, 0.2) is 64.0 Å². The number of nitrogens with one attached hydrogen (secondary N) is 2. The zero-order chi connectivity index (χ0) is 19.5. The number of hydrogen-bond acceptors (Lipinski definition) is 7. The molecule has 2 N–H and O–H groups in total. The molecular formula is C19H14N4O4S. The van der Waals surface area contributed by atoms with Crippen molar-refractivity contribution < 1.29 is 18.4 Å². The van der Waals surface area contributed by atoms with Gasteiger partial charge in [0.25, 0.3) is 11.8 Å². The third-order valence-electron chi connectivity index (χ3n) is 3.90. The molecule has 2 amide bonds. The van der Waals surface area contributed by atoms with Crippen LogP contribution in [0.2, 0.25) is 0 Å². The number of anilines is 2. The van der Waals surface area contributed by atoms with E-state index in [9.17, 15) is 9.59 Å². The largest absolute Gasteiger partial charge is 0.459 e. The molecule has 0 aliphatic rings. The van der Waals surface area contributed by atoms with Crippen LogP contribution in [-0.2, 0) is 0 Å². The van der Waals surface area contributed by atoms with E-state index in [-0.39, 0.29) is 17.6 Å². The van der Waals surface area contributed by atoms with Gasteiger partial charge < -0.3 is 19.5 Å². The summed E-state index contributed by atoms with van der Waals surface area (Å²) in [5.74, 6) is -0.0846. The van der Waals surface area contributed by atoms with Gasteiger partial charge in [-0.3, -0.25) is 9.59 Å². The second kappa shape index (κ2) is 7.49. The number of thiophene rings is 1. The molecule has 0 atom stereocenters. The van der Waals surface area contributed by atoms with Crippen molar-refractivity contribution in [1.82, 2.24) is 10.2 Å². The summed E-state index contributed by atoms with van der Waals surface area (Å²) in [6.45, 7) is 1.89. The van der Waals surface area contributed by atoms with Crippen LogP contribution in [0.25, 0.3) is 11.5 Å². The highest BCUT2D eigenvalue weighted by Crippen LogP contribution is 2.27. The maximum Gasteiger partial charge on any atom is 0.291 e. The number of aryl methyl sites for hydroxylation is 1. The zero-order valence-corrected chi connectivity index (χ0v) is 15.4. The number of furan rings is 1. The second-order valence-electron chi connectivity index (χ2n) is 5.82. The molecule has 8 nitrogen and oxygen atoms in total. The van der Waals surface area contributed by atoms with Crippen molar-refractivity contribution in [3.8, 4) is 11.5 Å². The van der Waals surface area contributed by atoms with Gasteiger partial charge in [0.1, 0.15) is 0 Å². The topological polar surface area (TPSA) is 110 Å². The molecule has 9 heteroatoms. The first-order chi connectivity index (χ1) is 13.6. The standard InChI is InChI=1S/C19H14N4O4S/c1-11-4-5-12(19-23-20-10-27-19)9-13(11)21-18(25)15-6-7-16(28-15)22-17(24)14-3-2-8-26-14/h2-10H,1H3,(H,21,25)(H,22,24). The van der Waals surface area contributed by atoms with Gasteiger partial charge in [-0.1, -0.05) is 6.07 Å². The Hall–Kier alpha value is -3.72. The quantitative estimate of drug-likeness (QED) is 0.525. The molecule has 0 spiro atoms. The summed E-state index contributed by atoms with van der Waals surface area (Å²) in [5.41, 5.74) is 2.23. The van der Waals surface area contributed by atoms with Crippen molar-refractivity contribution >= 4 is 33.8 Å². The first-order valence-corrected chi connectivity index (χ1v) is 9.05. The van der Waals surface area contributed by atoms with E-state index in [1.807, 2.05) is 19.1 Å². The summed E-state index contributed by atoms with van der Waals surface area (Å²) < 4.78 is 10.2. The number of aromatic nitrogens is 2. The molecule has 140 valence electrons. The molecule has 1 aromatic carbocycles. The van der Waals surface area contributed by atoms with Gasteiger partial charge in [-0.15, -0.1) is 21.5 Å². The fourth-order valence-electron chi connectivity index (χ4n) is 2.48. The smallest absolute Gasteiger partial charge is 0.291 e. The molecule has 28 heavy (non-hydrogen) atoms. The van der Waals surface area contributed by atoms with E-state index in [2.05, 4.69) is 20.8 Å². The molecule has 0 radical (unpaired) electrons. The van der Waals surface area contributed by atoms with Crippen LogP contribution in [0.5, 0.6) is 0 Å². The monoisotopic (exact) mass is 394 g/mol. The average molecular weight is 394 g/mol. The minimum atomic E-state index is -0.373. The Balaban J connectivity index is 1.48. The first-order valence-electron chi connectivity index (χ1n) is 8.23. The Labute approximate surface area is 163 Å². The molecule has 0 bridgehead atoms. The normalized spacial score (nSPS) is 10.6. The molecule has 3 heterocycles. The lowest BCUT2D eigenvalue weighted by molar-refractivity contribution is 0.0995. The summed E-state index contributed by atoms with van der Waals surface area (Å²) in [6.07, 6.45) is 2.67. The van der Waals surface area contributed by atoms with Gasteiger partial charge in [0.2, 0.25) is 12.3 Å². The average Bonchev–Trinajstić information content (AvgIpc) is 3.45. The lowest BCUT2D eigenvalue weighted by Crippen LogP contribution is -2.11. The number of benzene rings is 1. The molecule has 0 aliphatic heterocycles. The number of rotatable bonds is 5. The lowest BCUT2D eigenvalue weighted by Gasteiger charge is -2.08. The predicted octanol–water partition coefficient (Wildman–Crippen LogP) is 4.20. The van der Waals surface area contributed by atoms with Crippen LogP contribution in [0.4, 0.5) is 10.7 Å². The summed E-state index contributed by atoms with van der Waals surface area (Å²) in [7, 11) is 0. The third kappa shape index (κ3) is 3.69. The maximum atomic E-state index is 12.6. The maximum absolute atomic E-state index is 12.6. The van der Waals surface area contributed by atoms with Crippen LogP contribution in [0.3, 0.4) is 0 Å². The Morgan fingerprint density at radius 2 is 1.93 bits per heavy atom. The van der Waals surface area contributed by atoms with Crippen LogP contribution >= 0.6 is 11.3 Å². The Morgan fingerprint density at radius 1 is 1.04 bits per heavy atom. The van der Waals surface area contributed by atoms with E-state index in [0.29, 0.717) is 27.0 Å². The highest BCUT2D eigenvalue weighted by atomic mass is 32.1. The van der Waals surface area contributed by atoms with Crippen molar-refractivity contribution in [2.75, 3.05) is 10.6 Å². The summed E-state index contributed by atoms with van der Waals surface area (Å²) in [5, 5.41) is 13.7. The van der Waals surface area contributed by atoms with Gasteiger partial charge in [0, 0.05) is 11.3 Å². The minimum Gasteiger partial charge on any atom is -0.459 e. The van der Waals surface area contributed by atoms with Crippen LogP contribution < -0.4 is 10.6 Å². The number of carbonyl (C=O) groups is 2. The zero-order valence-electron chi connectivity index (χ0n) is 14.6. The van der Waals surface area contributed by atoms with Gasteiger partial charge >= 0.3 is 0 Å². The fourth-order valence-corrected chi connectivity index (χ4v) is 3.28. The summed E-state index contributed by atoms with van der Waals surface area (Å²) in [4.78, 5) is 25.1. The van der Waals surface area contributed by atoms with E-state index in [1.54, 1.807) is 30.3 Å². The molecule has 0 saturated carbocycles. The van der Waals surface area contributed by atoms with E-state index < -0.39 is 0 Å². The van der Waals surface area contributed by atoms with Gasteiger partial charge in [-0.05, 0) is 48.9 Å². The minimum absolute atomic E-state index is 0.202. The first kappa shape index (κ1) is 17.7. The van der Waals surface area contributed by atoms with Gasteiger partial charge in [-0.2, -0.15) is 0 Å². The number of hydrogen-bond donors (Lipinski definition) is 2. The number of carbonyl (C=O) groups excluding carboxylic acids is 2. The Kier molecular flexibility index (Phi) is 4.73. The number of amides is 2. The van der Waals surface area contributed by atoms with Crippen molar-refractivity contribution in [1.29, 1.82) is 0 Å². The van der Waals surface area contributed by atoms with Crippen LogP contribution in [-0.4, -0.2) is 22.0 Å². The van der Waals surface area contributed by atoms with E-state index in [0.717, 1.165) is 5.56 Å². The highest BCUT2D eigenvalue weighted by Gasteiger charge is 2.15. The molecule has 3 aromatic heterocycles. The van der Waals surface area contributed by atoms with Gasteiger partial charge in [0.05, 0.1) is 16.1 Å². The Morgan fingerprint density at radius 3 is 2.68 bits per heavy atom. The van der Waals surface area contributed by atoms with Crippen molar-refractivity contribution in [3.05, 3.63) is 71.3 Å². The predicted molar refractivity (Wildman–Crippen MR) is 103 cm³/mol. The highest BCUT2D eigenvalue weighted by molar-refractivity contribution is 7.18. The van der Waals surface area contributed by atoms with E-state index in [4.69, 9.17) is 8.83 Å². The fraction of sp³-hybridized carbons (Fsp3) is 0.0526. The second-order valence-corrected chi connectivity index (χ2v) is 6.91. The van der Waals surface area contributed by atoms with Gasteiger partial charge in [-0.25, -0.2) is 0 Å². The lowest BCUT2D eigenvalue weighted by atomic mass is 10.1. The van der Waals surface area contributed by atoms with Crippen molar-refractivity contribution in [3.63, 3.8) is 0 Å². The molecule has 4 aromatic rings. The van der Waals surface area contributed by atoms with Gasteiger partial charge in [0.15, 0.2) is 5.76 Å². The van der Waals surface area contributed by atoms with Crippen molar-refractivity contribution in [2.45, 2.75) is 6.92 Å². The van der Waals surface area contributed by atoms with E-state index >= 15 is 0 Å². The molecule has 0 aliphatic carbocycles. The van der Waals surface area contributed by atoms with Crippen LogP contribution in [0.1, 0.15) is 25.8 Å².